The smallest absolute Gasteiger partial charge is 0.256 e. The van der Waals surface area contributed by atoms with E-state index in [1.165, 1.54) is 4.90 Å². The van der Waals surface area contributed by atoms with Gasteiger partial charge in [0.25, 0.3) is 5.91 Å². The number of hydrogen-bond acceptors (Lipinski definition) is 5. The van der Waals surface area contributed by atoms with Crippen LogP contribution in [0.5, 0.6) is 0 Å². The highest BCUT2D eigenvalue weighted by atomic mass is 35.5. The zero-order valence-corrected chi connectivity index (χ0v) is 15.5. The van der Waals surface area contributed by atoms with E-state index in [0.717, 1.165) is 37.7 Å². The fourth-order valence-corrected chi connectivity index (χ4v) is 3.64. The molecule has 0 unspecified atom stereocenters. The first-order valence-corrected chi connectivity index (χ1v) is 9.32. The Morgan fingerprint density at radius 1 is 1.00 bits per heavy atom. The van der Waals surface area contributed by atoms with Crippen LogP contribution in [-0.2, 0) is 14.3 Å². The molecule has 0 spiro atoms. The molecule has 2 aliphatic rings. The van der Waals surface area contributed by atoms with Gasteiger partial charge in [0.1, 0.15) is 6.04 Å². The number of nitrogens with one attached hydrogen (secondary N) is 1. The summed E-state index contributed by atoms with van der Waals surface area (Å²) in [5.41, 5.74) is 2.36. The van der Waals surface area contributed by atoms with Crippen molar-refractivity contribution < 1.29 is 14.3 Å². The number of anilines is 3. The number of carbonyl (C=O) groups is 2. The number of morpholine rings is 1. The normalized spacial score (nSPS) is 20.3. The van der Waals surface area contributed by atoms with E-state index in [-0.39, 0.29) is 18.2 Å². The van der Waals surface area contributed by atoms with Crippen molar-refractivity contribution in [2.45, 2.75) is 12.5 Å². The van der Waals surface area contributed by atoms with Crippen molar-refractivity contribution in [2.75, 3.05) is 41.4 Å². The van der Waals surface area contributed by atoms with Gasteiger partial charge < -0.3 is 15.0 Å². The van der Waals surface area contributed by atoms with Gasteiger partial charge in [-0.1, -0.05) is 23.7 Å². The molecule has 0 saturated carbocycles. The molecule has 2 aromatic rings. The van der Waals surface area contributed by atoms with E-state index in [4.69, 9.17) is 16.3 Å². The number of carbonyl (C=O) groups excluding carboxylic acids is 2. The molecule has 7 heteroatoms. The SMILES string of the molecule is O=C1C[C@H](Nc2ccc(N3CCOCC3)cc2)C(=O)N1c1ccccc1Cl. The number of ether oxygens (including phenoxy) is 1. The second-order valence-corrected chi connectivity index (χ2v) is 6.97. The number of nitrogens with zero attached hydrogens (tertiary/aromatic N) is 2. The molecule has 27 heavy (non-hydrogen) atoms. The Labute approximate surface area is 162 Å². The van der Waals surface area contributed by atoms with E-state index in [0.29, 0.717) is 10.7 Å². The first-order valence-electron chi connectivity index (χ1n) is 8.94. The molecule has 0 aromatic heterocycles. The number of benzene rings is 2. The summed E-state index contributed by atoms with van der Waals surface area (Å²) in [4.78, 5) is 28.6. The van der Waals surface area contributed by atoms with E-state index < -0.39 is 6.04 Å². The molecule has 2 aromatic carbocycles. The van der Waals surface area contributed by atoms with Gasteiger partial charge in [0.15, 0.2) is 0 Å². The summed E-state index contributed by atoms with van der Waals surface area (Å²) in [6.45, 7) is 3.21. The van der Waals surface area contributed by atoms with Gasteiger partial charge in [0, 0.05) is 24.5 Å². The fourth-order valence-electron chi connectivity index (χ4n) is 3.42. The van der Waals surface area contributed by atoms with Crippen molar-refractivity contribution in [3.63, 3.8) is 0 Å². The molecule has 6 nitrogen and oxygen atoms in total. The Kier molecular flexibility index (Phi) is 5.01. The highest BCUT2D eigenvalue weighted by Crippen LogP contribution is 2.31. The molecule has 2 saturated heterocycles. The fraction of sp³-hybridized carbons (Fsp3) is 0.300. The van der Waals surface area contributed by atoms with Crippen molar-refractivity contribution in [1.29, 1.82) is 0 Å². The van der Waals surface area contributed by atoms with Gasteiger partial charge in [0.2, 0.25) is 5.91 Å². The second kappa shape index (κ2) is 7.58. The monoisotopic (exact) mass is 385 g/mol. The van der Waals surface area contributed by atoms with Gasteiger partial charge in [-0.2, -0.15) is 0 Å². The second-order valence-electron chi connectivity index (χ2n) is 6.57. The first kappa shape index (κ1) is 17.8. The minimum atomic E-state index is -0.594. The van der Waals surface area contributed by atoms with Crippen molar-refractivity contribution in [3.05, 3.63) is 53.6 Å². The van der Waals surface area contributed by atoms with Gasteiger partial charge in [-0.25, -0.2) is 4.90 Å². The van der Waals surface area contributed by atoms with Crippen LogP contribution in [0.4, 0.5) is 17.1 Å². The van der Waals surface area contributed by atoms with E-state index in [2.05, 4.69) is 10.2 Å². The van der Waals surface area contributed by atoms with Crippen LogP contribution in [0.3, 0.4) is 0 Å². The maximum atomic E-state index is 12.7. The van der Waals surface area contributed by atoms with Crippen molar-refractivity contribution in [1.82, 2.24) is 0 Å². The largest absolute Gasteiger partial charge is 0.378 e. The summed E-state index contributed by atoms with van der Waals surface area (Å²) >= 11 is 6.15. The lowest BCUT2D eigenvalue weighted by atomic mass is 10.2. The highest BCUT2D eigenvalue weighted by Gasteiger charge is 2.40. The summed E-state index contributed by atoms with van der Waals surface area (Å²) in [5, 5.41) is 3.56. The Morgan fingerprint density at radius 3 is 2.41 bits per heavy atom. The van der Waals surface area contributed by atoms with E-state index in [9.17, 15) is 9.59 Å². The van der Waals surface area contributed by atoms with Crippen LogP contribution in [0.2, 0.25) is 5.02 Å². The molecule has 1 N–H and O–H groups in total. The Hall–Kier alpha value is -2.57. The zero-order chi connectivity index (χ0) is 18.8. The van der Waals surface area contributed by atoms with Crippen LogP contribution < -0.4 is 15.1 Å². The average Bonchev–Trinajstić information content (AvgIpc) is 2.97. The Bertz CT molecular complexity index is 850. The topological polar surface area (TPSA) is 61.9 Å². The molecule has 1 atom stereocenters. The molecule has 140 valence electrons. The number of rotatable bonds is 4. The van der Waals surface area contributed by atoms with Gasteiger partial charge in [0.05, 0.1) is 30.3 Å². The third-order valence-corrected chi connectivity index (χ3v) is 5.14. The van der Waals surface area contributed by atoms with Gasteiger partial charge >= 0.3 is 0 Å². The molecular formula is C20H20ClN3O3. The van der Waals surface area contributed by atoms with Crippen LogP contribution >= 0.6 is 11.6 Å². The number of para-hydroxylation sites is 1. The van der Waals surface area contributed by atoms with Gasteiger partial charge in [-0.05, 0) is 36.4 Å². The predicted molar refractivity (Wildman–Crippen MR) is 105 cm³/mol. The van der Waals surface area contributed by atoms with Crippen molar-refractivity contribution in [3.8, 4) is 0 Å². The van der Waals surface area contributed by atoms with Crippen molar-refractivity contribution in [2.24, 2.45) is 0 Å². The number of amides is 2. The number of imide groups is 1. The molecular weight excluding hydrogens is 366 g/mol. The minimum Gasteiger partial charge on any atom is -0.378 e. The van der Waals surface area contributed by atoms with Crippen LogP contribution in [0.15, 0.2) is 48.5 Å². The summed E-state index contributed by atoms with van der Waals surface area (Å²) < 4.78 is 5.37. The third-order valence-electron chi connectivity index (χ3n) is 4.82. The van der Waals surface area contributed by atoms with E-state index in [1.807, 2.05) is 24.3 Å². The molecule has 0 bridgehead atoms. The maximum absolute atomic E-state index is 12.7. The quantitative estimate of drug-likeness (QED) is 0.820. The molecule has 0 aliphatic carbocycles. The highest BCUT2D eigenvalue weighted by molar-refractivity contribution is 6.36. The summed E-state index contributed by atoms with van der Waals surface area (Å²) in [7, 11) is 0. The number of hydrogen-bond donors (Lipinski definition) is 1. The molecule has 2 amide bonds. The van der Waals surface area contributed by atoms with Crippen molar-refractivity contribution >= 4 is 40.5 Å². The first-order chi connectivity index (χ1) is 13.1. The summed E-state index contributed by atoms with van der Waals surface area (Å²) in [6.07, 6.45) is 0.106. The summed E-state index contributed by atoms with van der Waals surface area (Å²) in [6, 6.07) is 14.2. The number of halogens is 1. The molecule has 4 rings (SSSR count). The lowest BCUT2D eigenvalue weighted by molar-refractivity contribution is -0.121. The lowest BCUT2D eigenvalue weighted by Gasteiger charge is -2.29. The van der Waals surface area contributed by atoms with Crippen LogP contribution in [-0.4, -0.2) is 44.2 Å². The minimum absolute atomic E-state index is 0.106. The molecule has 0 radical (unpaired) electrons. The molecule has 2 heterocycles. The predicted octanol–water partition coefficient (Wildman–Crippen LogP) is 2.92. The van der Waals surface area contributed by atoms with Gasteiger partial charge in [-0.3, -0.25) is 9.59 Å². The molecule has 2 fully saturated rings. The molecule has 2 aliphatic heterocycles. The maximum Gasteiger partial charge on any atom is 0.256 e. The Morgan fingerprint density at radius 2 is 1.70 bits per heavy atom. The standard InChI is InChI=1S/C20H20ClN3O3/c21-16-3-1-2-4-18(16)24-19(25)13-17(20(24)26)22-14-5-7-15(8-6-14)23-9-11-27-12-10-23/h1-8,17,22H,9-13H2/t17-/m0/s1. The lowest BCUT2D eigenvalue weighted by Crippen LogP contribution is -2.36. The summed E-state index contributed by atoms with van der Waals surface area (Å²) in [5.74, 6) is -0.541. The van der Waals surface area contributed by atoms with E-state index >= 15 is 0 Å². The van der Waals surface area contributed by atoms with E-state index in [1.54, 1.807) is 24.3 Å². The zero-order valence-electron chi connectivity index (χ0n) is 14.7. The third kappa shape index (κ3) is 3.63. The van der Waals surface area contributed by atoms with Crippen LogP contribution in [0, 0.1) is 0 Å². The van der Waals surface area contributed by atoms with Crippen LogP contribution in [0.25, 0.3) is 0 Å². The van der Waals surface area contributed by atoms with Gasteiger partial charge in [-0.15, -0.1) is 0 Å². The average molecular weight is 386 g/mol. The van der Waals surface area contributed by atoms with Crippen LogP contribution in [0.1, 0.15) is 6.42 Å². The Balaban J connectivity index is 1.46.